The lowest BCUT2D eigenvalue weighted by Crippen LogP contribution is -2.15. The summed E-state index contributed by atoms with van der Waals surface area (Å²) >= 11 is 5.21. The Morgan fingerprint density at radius 2 is 2.18 bits per heavy atom. The predicted octanol–water partition coefficient (Wildman–Crippen LogP) is 2.04. The van der Waals surface area contributed by atoms with Crippen molar-refractivity contribution >= 4 is 12.2 Å². The lowest BCUT2D eigenvalue weighted by atomic mass is 10.2. The Bertz CT molecular complexity index is 534. The molecule has 0 aliphatic rings. The number of hydrogen-bond donors (Lipinski definition) is 1. The molecule has 0 radical (unpaired) electrons. The van der Waals surface area contributed by atoms with Gasteiger partial charge in [-0.15, -0.1) is 0 Å². The zero-order chi connectivity index (χ0) is 12.3. The Balaban J connectivity index is 2.39. The largest absolute Gasteiger partial charge is 0.380 e. The molecule has 2 aromatic rings. The van der Waals surface area contributed by atoms with Gasteiger partial charge in [-0.25, -0.2) is 0 Å². The first-order valence-electron chi connectivity index (χ1n) is 5.30. The van der Waals surface area contributed by atoms with Crippen molar-refractivity contribution in [1.82, 2.24) is 19.7 Å². The van der Waals surface area contributed by atoms with Crippen LogP contribution >= 0.6 is 12.2 Å². The van der Waals surface area contributed by atoms with E-state index in [-0.39, 0.29) is 6.10 Å². The van der Waals surface area contributed by atoms with Crippen molar-refractivity contribution in [3.8, 4) is 11.4 Å². The van der Waals surface area contributed by atoms with Gasteiger partial charge in [0, 0.05) is 25.1 Å². The lowest BCUT2D eigenvalue weighted by Gasteiger charge is -2.11. The topological polar surface area (TPSA) is 55.7 Å². The van der Waals surface area contributed by atoms with Crippen molar-refractivity contribution in [2.24, 2.45) is 0 Å². The maximum atomic E-state index is 5.25. The molecule has 0 amide bonds. The van der Waals surface area contributed by atoms with Crippen LogP contribution in [0.3, 0.4) is 0 Å². The second kappa shape index (κ2) is 5.20. The van der Waals surface area contributed by atoms with Gasteiger partial charge < -0.3 is 4.74 Å². The number of nitrogens with zero attached hydrogens (tertiary/aromatic N) is 3. The van der Waals surface area contributed by atoms with Gasteiger partial charge >= 0.3 is 0 Å². The van der Waals surface area contributed by atoms with Gasteiger partial charge in [0.2, 0.25) is 0 Å². The highest BCUT2D eigenvalue weighted by atomic mass is 32.1. The van der Waals surface area contributed by atoms with Crippen LogP contribution in [0.1, 0.15) is 6.92 Å². The molecule has 1 N–H and O–H groups in total. The van der Waals surface area contributed by atoms with Crippen molar-refractivity contribution in [2.45, 2.75) is 19.6 Å². The molecule has 90 valence electrons. The third-order valence-corrected chi connectivity index (χ3v) is 2.85. The molecule has 5 nitrogen and oxygen atoms in total. The minimum absolute atomic E-state index is 0.0832. The van der Waals surface area contributed by atoms with Crippen LogP contribution in [0.2, 0.25) is 0 Å². The first-order chi connectivity index (χ1) is 8.22. The van der Waals surface area contributed by atoms with Crippen LogP contribution in [0.5, 0.6) is 0 Å². The molecule has 0 aliphatic heterocycles. The molecule has 0 fully saturated rings. The Hall–Kier alpha value is -1.53. The molecule has 0 saturated heterocycles. The molecule has 0 bridgehead atoms. The van der Waals surface area contributed by atoms with Crippen LogP contribution in [0.4, 0.5) is 0 Å². The first-order valence-corrected chi connectivity index (χ1v) is 5.71. The van der Waals surface area contributed by atoms with Gasteiger partial charge in [-0.1, -0.05) is 0 Å². The Morgan fingerprint density at radius 1 is 1.47 bits per heavy atom. The smallest absolute Gasteiger partial charge is 0.195 e. The monoisotopic (exact) mass is 250 g/mol. The zero-order valence-corrected chi connectivity index (χ0v) is 10.6. The number of nitrogens with one attached hydrogen (secondary N) is 1. The second-order valence-electron chi connectivity index (χ2n) is 3.75. The number of aromatic amines is 1. The number of pyridine rings is 1. The van der Waals surface area contributed by atoms with E-state index in [1.807, 2.05) is 23.6 Å². The fourth-order valence-electron chi connectivity index (χ4n) is 1.54. The van der Waals surface area contributed by atoms with E-state index in [4.69, 9.17) is 17.0 Å². The molecule has 2 aromatic heterocycles. The van der Waals surface area contributed by atoms with E-state index >= 15 is 0 Å². The predicted molar refractivity (Wildman–Crippen MR) is 67.1 cm³/mol. The van der Waals surface area contributed by atoms with Crippen molar-refractivity contribution in [2.75, 3.05) is 7.11 Å². The number of methoxy groups -OCH3 is 1. The number of H-pyrrole nitrogens is 1. The van der Waals surface area contributed by atoms with E-state index < -0.39 is 0 Å². The highest BCUT2D eigenvalue weighted by Crippen LogP contribution is 2.16. The van der Waals surface area contributed by atoms with E-state index in [0.717, 1.165) is 11.4 Å². The first kappa shape index (κ1) is 11.9. The van der Waals surface area contributed by atoms with Crippen LogP contribution in [-0.4, -0.2) is 33.0 Å². The number of aromatic nitrogens is 4. The van der Waals surface area contributed by atoms with Gasteiger partial charge in [0.25, 0.3) is 0 Å². The molecular formula is C11H14N4OS. The number of hydrogen-bond acceptors (Lipinski definition) is 4. The summed E-state index contributed by atoms with van der Waals surface area (Å²) in [6.07, 6.45) is 3.55. The minimum Gasteiger partial charge on any atom is -0.380 e. The third kappa shape index (κ3) is 2.59. The highest BCUT2D eigenvalue weighted by Gasteiger charge is 2.11. The maximum Gasteiger partial charge on any atom is 0.195 e. The van der Waals surface area contributed by atoms with Crippen LogP contribution in [0, 0.1) is 4.77 Å². The third-order valence-electron chi connectivity index (χ3n) is 2.54. The molecule has 2 rings (SSSR count). The quantitative estimate of drug-likeness (QED) is 0.844. The van der Waals surface area contributed by atoms with Crippen molar-refractivity contribution in [3.05, 3.63) is 29.3 Å². The van der Waals surface area contributed by atoms with Gasteiger partial charge in [-0.05, 0) is 31.3 Å². The summed E-state index contributed by atoms with van der Waals surface area (Å²) in [6, 6.07) is 3.80. The van der Waals surface area contributed by atoms with Crippen molar-refractivity contribution < 1.29 is 4.74 Å². The molecule has 6 heteroatoms. The second-order valence-corrected chi connectivity index (χ2v) is 4.13. The zero-order valence-electron chi connectivity index (χ0n) is 9.75. The number of ether oxygens (including phenoxy) is 1. The van der Waals surface area contributed by atoms with E-state index in [9.17, 15) is 0 Å². The summed E-state index contributed by atoms with van der Waals surface area (Å²) in [5.41, 5.74) is 0.982. The van der Waals surface area contributed by atoms with Gasteiger partial charge in [0.1, 0.15) is 0 Å². The van der Waals surface area contributed by atoms with Gasteiger partial charge in [0.05, 0.1) is 12.6 Å². The average molecular weight is 250 g/mol. The standard InChI is InChI=1S/C11H14N4OS/c1-8(16-2)7-15-10(13-14-11(15)17)9-3-5-12-6-4-9/h3-6,8H,7H2,1-2H3,(H,14,17). The fourth-order valence-corrected chi connectivity index (χ4v) is 1.75. The van der Waals surface area contributed by atoms with E-state index in [2.05, 4.69) is 15.2 Å². The summed E-state index contributed by atoms with van der Waals surface area (Å²) < 4.78 is 7.78. The molecular weight excluding hydrogens is 236 g/mol. The van der Waals surface area contributed by atoms with Gasteiger partial charge in [-0.3, -0.25) is 14.6 Å². The average Bonchev–Trinajstić information content (AvgIpc) is 2.72. The molecule has 1 atom stereocenters. The van der Waals surface area contributed by atoms with Gasteiger partial charge in [-0.2, -0.15) is 5.10 Å². The van der Waals surface area contributed by atoms with E-state index in [1.165, 1.54) is 0 Å². The minimum atomic E-state index is 0.0832. The summed E-state index contributed by atoms with van der Waals surface area (Å²) in [6.45, 7) is 2.66. The highest BCUT2D eigenvalue weighted by molar-refractivity contribution is 7.71. The molecule has 17 heavy (non-hydrogen) atoms. The van der Waals surface area contributed by atoms with E-state index in [1.54, 1.807) is 19.5 Å². The molecule has 0 aliphatic carbocycles. The van der Waals surface area contributed by atoms with Crippen LogP contribution in [-0.2, 0) is 11.3 Å². The molecule has 0 saturated carbocycles. The van der Waals surface area contributed by atoms with Crippen molar-refractivity contribution in [3.63, 3.8) is 0 Å². The number of rotatable bonds is 4. The van der Waals surface area contributed by atoms with E-state index in [0.29, 0.717) is 11.3 Å². The maximum absolute atomic E-state index is 5.25. The SMILES string of the molecule is COC(C)Cn1c(-c2ccncc2)n[nH]c1=S. The summed E-state index contributed by atoms with van der Waals surface area (Å²) in [5, 5.41) is 7.04. The molecule has 0 spiro atoms. The molecule has 2 heterocycles. The molecule has 0 aromatic carbocycles. The van der Waals surface area contributed by atoms with Crippen LogP contribution in [0.25, 0.3) is 11.4 Å². The van der Waals surface area contributed by atoms with Gasteiger partial charge in [0.15, 0.2) is 10.6 Å². The molecule has 1 unspecified atom stereocenters. The Labute approximate surface area is 104 Å². The normalized spacial score (nSPS) is 12.6. The Morgan fingerprint density at radius 3 is 2.82 bits per heavy atom. The van der Waals surface area contributed by atoms with Crippen molar-refractivity contribution in [1.29, 1.82) is 0 Å². The Kier molecular flexibility index (Phi) is 3.65. The van der Waals surface area contributed by atoms with Crippen LogP contribution < -0.4 is 0 Å². The fraction of sp³-hybridized carbons (Fsp3) is 0.364. The summed E-state index contributed by atoms with van der Waals surface area (Å²) in [4.78, 5) is 3.99. The summed E-state index contributed by atoms with van der Waals surface area (Å²) in [5.74, 6) is 0.807. The lowest BCUT2D eigenvalue weighted by molar-refractivity contribution is 0.103. The summed E-state index contributed by atoms with van der Waals surface area (Å²) in [7, 11) is 1.68. The van der Waals surface area contributed by atoms with Crippen LogP contribution in [0.15, 0.2) is 24.5 Å².